The topological polar surface area (TPSA) is 45.6 Å². The maximum atomic E-state index is 9.21. The minimum absolute atomic E-state index is 0.142. The van der Waals surface area contributed by atoms with Crippen LogP contribution in [0.2, 0.25) is 0 Å². The van der Waals surface area contributed by atoms with Crippen LogP contribution in [0.3, 0.4) is 0 Å². The Kier molecular flexibility index (Phi) is 6.61. The van der Waals surface area contributed by atoms with Crippen molar-refractivity contribution in [1.29, 1.82) is 0 Å². The van der Waals surface area contributed by atoms with Crippen LogP contribution in [0.4, 0.5) is 0 Å². The second-order valence-electron chi connectivity index (χ2n) is 4.96. The number of ether oxygens (including phenoxy) is 1. The normalized spacial score (nSPS) is 11.2. The highest BCUT2D eigenvalue weighted by atomic mass is 16.5. The van der Waals surface area contributed by atoms with Crippen LogP contribution in [0, 0.1) is 0 Å². The van der Waals surface area contributed by atoms with Gasteiger partial charge in [0.15, 0.2) is 0 Å². The summed E-state index contributed by atoms with van der Waals surface area (Å²) in [5.74, 6) is 0.861. The lowest BCUT2D eigenvalue weighted by Crippen LogP contribution is -2.26. The Labute approximate surface area is 131 Å². The average Bonchev–Trinajstić information content (AvgIpc) is 2.56. The SMILES string of the molecule is COc1ccccc1/C=C/CN(CCO)Cc1cccnc1. The monoisotopic (exact) mass is 298 g/mol. The second kappa shape index (κ2) is 8.97. The summed E-state index contributed by atoms with van der Waals surface area (Å²) in [7, 11) is 1.67. The van der Waals surface area contributed by atoms with Gasteiger partial charge in [-0.2, -0.15) is 0 Å². The molecule has 0 aliphatic carbocycles. The third-order valence-corrected chi connectivity index (χ3v) is 3.35. The van der Waals surface area contributed by atoms with Crippen LogP contribution in [0.25, 0.3) is 6.08 Å². The molecule has 1 heterocycles. The zero-order chi connectivity index (χ0) is 15.6. The molecule has 0 fully saturated rings. The van der Waals surface area contributed by atoms with Gasteiger partial charge in [0.1, 0.15) is 5.75 Å². The van der Waals surface area contributed by atoms with Crippen molar-refractivity contribution in [3.63, 3.8) is 0 Å². The fraction of sp³-hybridized carbons (Fsp3) is 0.278. The molecule has 116 valence electrons. The summed E-state index contributed by atoms with van der Waals surface area (Å²) in [5, 5.41) is 9.21. The maximum Gasteiger partial charge on any atom is 0.126 e. The van der Waals surface area contributed by atoms with E-state index >= 15 is 0 Å². The first-order valence-electron chi connectivity index (χ1n) is 7.35. The highest BCUT2D eigenvalue weighted by Gasteiger charge is 2.04. The molecular weight excluding hydrogens is 276 g/mol. The smallest absolute Gasteiger partial charge is 0.126 e. The van der Waals surface area contributed by atoms with E-state index in [9.17, 15) is 5.11 Å². The van der Waals surface area contributed by atoms with E-state index in [1.807, 2.05) is 48.7 Å². The Morgan fingerprint density at radius 1 is 1.23 bits per heavy atom. The summed E-state index contributed by atoms with van der Waals surface area (Å²) in [6, 6.07) is 11.9. The van der Waals surface area contributed by atoms with E-state index < -0.39 is 0 Å². The molecule has 0 unspecified atom stereocenters. The summed E-state index contributed by atoms with van der Waals surface area (Å²) >= 11 is 0. The molecule has 0 saturated carbocycles. The van der Waals surface area contributed by atoms with Crippen LogP contribution in [-0.2, 0) is 6.54 Å². The van der Waals surface area contributed by atoms with Gasteiger partial charge in [-0.05, 0) is 17.7 Å². The number of aliphatic hydroxyl groups is 1. The first kappa shape index (κ1) is 16.2. The average molecular weight is 298 g/mol. The number of rotatable bonds is 8. The second-order valence-corrected chi connectivity index (χ2v) is 4.96. The standard InChI is InChI=1S/C18H22N2O2/c1-22-18-9-3-2-7-17(18)8-5-11-20(12-13-21)15-16-6-4-10-19-14-16/h2-10,14,21H,11-13,15H2,1H3/b8-5+. The van der Waals surface area contributed by atoms with E-state index in [1.165, 1.54) is 0 Å². The van der Waals surface area contributed by atoms with Gasteiger partial charge in [0.05, 0.1) is 13.7 Å². The van der Waals surface area contributed by atoms with Crippen LogP contribution in [0.1, 0.15) is 11.1 Å². The largest absolute Gasteiger partial charge is 0.496 e. The van der Waals surface area contributed by atoms with E-state index in [1.54, 1.807) is 13.3 Å². The van der Waals surface area contributed by atoms with Gasteiger partial charge < -0.3 is 9.84 Å². The molecule has 0 spiro atoms. The quantitative estimate of drug-likeness (QED) is 0.813. The predicted molar refractivity (Wildman–Crippen MR) is 88.6 cm³/mol. The summed E-state index contributed by atoms with van der Waals surface area (Å²) in [6.45, 7) is 2.30. The van der Waals surface area contributed by atoms with Crippen LogP contribution in [-0.4, -0.2) is 41.8 Å². The molecule has 1 N–H and O–H groups in total. The first-order valence-corrected chi connectivity index (χ1v) is 7.35. The fourth-order valence-electron chi connectivity index (χ4n) is 2.26. The van der Waals surface area contributed by atoms with Gasteiger partial charge in [-0.1, -0.05) is 36.4 Å². The molecule has 0 amide bonds. The van der Waals surface area contributed by atoms with Gasteiger partial charge in [-0.15, -0.1) is 0 Å². The third-order valence-electron chi connectivity index (χ3n) is 3.35. The maximum absolute atomic E-state index is 9.21. The number of methoxy groups -OCH3 is 1. The van der Waals surface area contributed by atoms with Crippen LogP contribution in [0.15, 0.2) is 54.9 Å². The molecule has 0 radical (unpaired) electrons. The lowest BCUT2D eigenvalue weighted by Gasteiger charge is -2.19. The summed E-state index contributed by atoms with van der Waals surface area (Å²) in [4.78, 5) is 6.29. The molecule has 4 heteroatoms. The highest BCUT2D eigenvalue weighted by Crippen LogP contribution is 2.18. The Morgan fingerprint density at radius 3 is 2.82 bits per heavy atom. The van der Waals surface area contributed by atoms with Gasteiger partial charge in [0, 0.05) is 37.6 Å². The van der Waals surface area contributed by atoms with Gasteiger partial charge in [-0.25, -0.2) is 0 Å². The van der Waals surface area contributed by atoms with Crippen molar-refractivity contribution in [3.05, 3.63) is 66.0 Å². The molecule has 4 nitrogen and oxygen atoms in total. The molecule has 22 heavy (non-hydrogen) atoms. The minimum Gasteiger partial charge on any atom is -0.496 e. The zero-order valence-corrected chi connectivity index (χ0v) is 12.9. The van der Waals surface area contributed by atoms with Crippen molar-refractivity contribution >= 4 is 6.08 Å². The molecule has 0 aliphatic heterocycles. The number of nitrogens with zero attached hydrogens (tertiary/aromatic N) is 2. The number of aromatic nitrogens is 1. The fourth-order valence-corrected chi connectivity index (χ4v) is 2.26. The Balaban J connectivity index is 1.97. The third kappa shape index (κ3) is 4.98. The molecule has 0 aliphatic rings. The lowest BCUT2D eigenvalue weighted by molar-refractivity contribution is 0.203. The van der Waals surface area contributed by atoms with E-state index in [0.717, 1.165) is 30.0 Å². The van der Waals surface area contributed by atoms with Crippen molar-refractivity contribution in [2.24, 2.45) is 0 Å². The van der Waals surface area contributed by atoms with Gasteiger partial charge in [0.2, 0.25) is 0 Å². The Hall–Kier alpha value is -2.17. The van der Waals surface area contributed by atoms with Crippen LogP contribution in [0.5, 0.6) is 5.75 Å². The molecule has 0 saturated heterocycles. The van der Waals surface area contributed by atoms with Crippen molar-refractivity contribution in [2.45, 2.75) is 6.54 Å². The number of para-hydroxylation sites is 1. The highest BCUT2D eigenvalue weighted by molar-refractivity contribution is 5.57. The molecule has 1 aromatic heterocycles. The summed E-state index contributed by atoms with van der Waals surface area (Å²) in [6.07, 6.45) is 7.76. The van der Waals surface area contributed by atoms with E-state index in [4.69, 9.17) is 4.74 Å². The predicted octanol–water partition coefficient (Wildman–Crippen LogP) is 2.60. The molecule has 0 bridgehead atoms. The van der Waals surface area contributed by atoms with Crippen LogP contribution < -0.4 is 4.74 Å². The van der Waals surface area contributed by atoms with Crippen LogP contribution >= 0.6 is 0 Å². The van der Waals surface area contributed by atoms with E-state index in [2.05, 4.69) is 16.0 Å². The zero-order valence-electron chi connectivity index (χ0n) is 12.9. The number of benzene rings is 1. The summed E-state index contributed by atoms with van der Waals surface area (Å²) in [5.41, 5.74) is 2.19. The van der Waals surface area contributed by atoms with Crippen molar-refractivity contribution in [3.8, 4) is 5.75 Å². The number of hydrogen-bond acceptors (Lipinski definition) is 4. The Morgan fingerprint density at radius 2 is 2.09 bits per heavy atom. The van der Waals surface area contributed by atoms with Crippen molar-refractivity contribution in [2.75, 3.05) is 26.8 Å². The first-order chi connectivity index (χ1) is 10.8. The number of aliphatic hydroxyl groups excluding tert-OH is 1. The van der Waals surface area contributed by atoms with Gasteiger partial charge in [-0.3, -0.25) is 9.88 Å². The van der Waals surface area contributed by atoms with E-state index in [-0.39, 0.29) is 6.61 Å². The van der Waals surface area contributed by atoms with Crippen molar-refractivity contribution in [1.82, 2.24) is 9.88 Å². The van der Waals surface area contributed by atoms with E-state index in [0.29, 0.717) is 6.54 Å². The van der Waals surface area contributed by atoms with Crippen molar-refractivity contribution < 1.29 is 9.84 Å². The molecule has 1 aromatic carbocycles. The lowest BCUT2D eigenvalue weighted by atomic mass is 10.2. The molecule has 2 aromatic rings. The summed E-state index contributed by atoms with van der Waals surface area (Å²) < 4.78 is 5.33. The Bertz CT molecular complexity index is 585. The minimum atomic E-state index is 0.142. The molecule has 0 atom stereocenters. The number of pyridine rings is 1. The molecular formula is C18H22N2O2. The van der Waals surface area contributed by atoms with Gasteiger partial charge >= 0.3 is 0 Å². The molecule has 2 rings (SSSR count). The van der Waals surface area contributed by atoms with Gasteiger partial charge in [0.25, 0.3) is 0 Å². The number of hydrogen-bond donors (Lipinski definition) is 1.